The first-order valence-electron chi connectivity index (χ1n) is 6.51. The Morgan fingerprint density at radius 1 is 1.47 bits per heavy atom. The number of benzene rings is 1. The number of nitrogens with two attached hydrogens (primary N) is 1. The minimum atomic E-state index is -0.318. The standard InChI is InChI=1S/C14H21N3O2/c1-10(9-15)16(2)7-6-11-4-5-12-13(8-11)19-14(18)17(12)3/h4-5,8,10H,6-7,9,15H2,1-3H3. The van der Waals surface area contributed by atoms with E-state index in [0.29, 0.717) is 18.2 Å². The van der Waals surface area contributed by atoms with Crippen molar-refractivity contribution in [1.29, 1.82) is 0 Å². The van der Waals surface area contributed by atoms with Crippen LogP contribution in [0.3, 0.4) is 0 Å². The molecule has 0 aliphatic rings. The summed E-state index contributed by atoms with van der Waals surface area (Å²) in [6, 6.07) is 6.29. The van der Waals surface area contributed by atoms with E-state index in [1.54, 1.807) is 7.05 Å². The van der Waals surface area contributed by atoms with Crippen LogP contribution in [0, 0.1) is 0 Å². The van der Waals surface area contributed by atoms with Gasteiger partial charge in [-0.25, -0.2) is 4.79 Å². The first-order valence-corrected chi connectivity index (χ1v) is 6.51. The third-order valence-electron chi connectivity index (χ3n) is 3.70. The van der Waals surface area contributed by atoms with Gasteiger partial charge in [-0.2, -0.15) is 0 Å². The number of hydrogen-bond donors (Lipinski definition) is 1. The Hall–Kier alpha value is -1.59. The van der Waals surface area contributed by atoms with Gasteiger partial charge in [-0.05, 0) is 38.1 Å². The molecule has 0 bridgehead atoms. The molecule has 104 valence electrons. The topological polar surface area (TPSA) is 64.4 Å². The zero-order valence-electron chi connectivity index (χ0n) is 11.7. The number of nitrogens with zero attached hydrogens (tertiary/aromatic N) is 2. The number of likely N-dealkylation sites (N-methyl/N-ethyl adjacent to an activating group) is 1. The van der Waals surface area contributed by atoms with Gasteiger partial charge in [0.2, 0.25) is 0 Å². The number of aromatic nitrogens is 1. The van der Waals surface area contributed by atoms with Gasteiger partial charge < -0.3 is 15.1 Å². The molecule has 0 spiro atoms. The van der Waals surface area contributed by atoms with Crippen LogP contribution in [0.15, 0.2) is 27.4 Å². The van der Waals surface area contributed by atoms with E-state index in [1.165, 1.54) is 4.57 Å². The van der Waals surface area contributed by atoms with Crippen LogP contribution in [0.25, 0.3) is 11.1 Å². The van der Waals surface area contributed by atoms with Crippen molar-refractivity contribution < 1.29 is 4.42 Å². The van der Waals surface area contributed by atoms with Gasteiger partial charge in [0.15, 0.2) is 5.58 Å². The van der Waals surface area contributed by atoms with E-state index in [4.69, 9.17) is 10.2 Å². The van der Waals surface area contributed by atoms with Gasteiger partial charge >= 0.3 is 5.76 Å². The van der Waals surface area contributed by atoms with E-state index in [2.05, 4.69) is 18.9 Å². The third kappa shape index (κ3) is 2.88. The van der Waals surface area contributed by atoms with E-state index in [1.807, 2.05) is 18.2 Å². The third-order valence-corrected chi connectivity index (χ3v) is 3.70. The molecular formula is C14H21N3O2. The number of aryl methyl sites for hydroxylation is 1. The second-order valence-corrected chi connectivity index (χ2v) is 5.04. The van der Waals surface area contributed by atoms with E-state index in [0.717, 1.165) is 24.0 Å². The fourth-order valence-corrected chi connectivity index (χ4v) is 2.04. The van der Waals surface area contributed by atoms with Crippen molar-refractivity contribution in [2.24, 2.45) is 12.8 Å². The molecule has 1 aromatic heterocycles. The summed E-state index contributed by atoms with van der Waals surface area (Å²) in [5, 5.41) is 0. The Morgan fingerprint density at radius 3 is 2.89 bits per heavy atom. The van der Waals surface area contributed by atoms with Crippen LogP contribution in [-0.4, -0.2) is 35.6 Å². The summed E-state index contributed by atoms with van der Waals surface area (Å²) >= 11 is 0. The van der Waals surface area contributed by atoms with Crippen LogP contribution in [0.5, 0.6) is 0 Å². The van der Waals surface area contributed by atoms with Crippen molar-refractivity contribution in [2.75, 3.05) is 20.1 Å². The molecule has 0 aliphatic carbocycles. The van der Waals surface area contributed by atoms with Crippen molar-refractivity contribution >= 4 is 11.1 Å². The maximum Gasteiger partial charge on any atom is 0.419 e. The highest BCUT2D eigenvalue weighted by atomic mass is 16.4. The molecule has 1 unspecified atom stereocenters. The SMILES string of the molecule is CC(CN)N(C)CCc1ccc2c(c1)oc(=O)n2C. The summed E-state index contributed by atoms with van der Waals surface area (Å²) in [4.78, 5) is 13.6. The summed E-state index contributed by atoms with van der Waals surface area (Å²) in [5.41, 5.74) is 8.29. The highest BCUT2D eigenvalue weighted by Crippen LogP contribution is 2.15. The molecule has 0 aliphatic heterocycles. The fraction of sp³-hybridized carbons (Fsp3) is 0.500. The molecule has 2 rings (SSSR count). The number of hydrogen-bond acceptors (Lipinski definition) is 4. The lowest BCUT2D eigenvalue weighted by molar-refractivity contribution is 0.266. The summed E-state index contributed by atoms with van der Waals surface area (Å²) < 4.78 is 6.70. The van der Waals surface area contributed by atoms with Crippen LogP contribution in [-0.2, 0) is 13.5 Å². The first-order chi connectivity index (χ1) is 9.02. The van der Waals surface area contributed by atoms with Crippen molar-refractivity contribution in [2.45, 2.75) is 19.4 Å². The molecule has 1 aromatic carbocycles. The molecule has 5 heteroatoms. The maximum atomic E-state index is 11.4. The Bertz CT molecular complexity index is 615. The lowest BCUT2D eigenvalue weighted by Gasteiger charge is -2.23. The molecule has 0 amide bonds. The lowest BCUT2D eigenvalue weighted by atomic mass is 10.1. The Kier molecular flexibility index (Phi) is 4.07. The van der Waals surface area contributed by atoms with Crippen molar-refractivity contribution in [1.82, 2.24) is 9.47 Å². The molecule has 1 heterocycles. The highest BCUT2D eigenvalue weighted by Gasteiger charge is 2.09. The average molecular weight is 263 g/mol. The smallest absolute Gasteiger partial charge is 0.408 e. The van der Waals surface area contributed by atoms with Crippen LogP contribution in [0.4, 0.5) is 0 Å². The molecule has 0 saturated heterocycles. The van der Waals surface area contributed by atoms with Gasteiger partial charge in [-0.3, -0.25) is 4.57 Å². The normalized spacial score (nSPS) is 13.3. The minimum absolute atomic E-state index is 0.318. The van der Waals surface area contributed by atoms with Gasteiger partial charge in [0, 0.05) is 26.2 Å². The fourth-order valence-electron chi connectivity index (χ4n) is 2.04. The molecule has 19 heavy (non-hydrogen) atoms. The molecule has 2 aromatic rings. The molecule has 0 fully saturated rings. The van der Waals surface area contributed by atoms with Gasteiger partial charge in [-0.1, -0.05) is 6.07 Å². The van der Waals surface area contributed by atoms with Crippen molar-refractivity contribution in [3.05, 3.63) is 34.3 Å². The zero-order chi connectivity index (χ0) is 14.0. The molecule has 0 radical (unpaired) electrons. The molecule has 2 N–H and O–H groups in total. The monoisotopic (exact) mass is 263 g/mol. The van der Waals surface area contributed by atoms with Crippen molar-refractivity contribution in [3.8, 4) is 0 Å². The predicted molar refractivity (Wildman–Crippen MR) is 76.3 cm³/mol. The molecule has 0 saturated carbocycles. The second kappa shape index (κ2) is 5.59. The quantitative estimate of drug-likeness (QED) is 0.872. The van der Waals surface area contributed by atoms with E-state index < -0.39 is 0 Å². The van der Waals surface area contributed by atoms with Gasteiger partial charge in [0.05, 0.1) is 5.52 Å². The Balaban J connectivity index is 2.12. The van der Waals surface area contributed by atoms with Gasteiger partial charge in [0.1, 0.15) is 0 Å². The van der Waals surface area contributed by atoms with Gasteiger partial charge in [0.25, 0.3) is 0 Å². The Labute approximate surface area is 112 Å². The van der Waals surface area contributed by atoms with E-state index in [-0.39, 0.29) is 5.76 Å². The van der Waals surface area contributed by atoms with Crippen LogP contribution in [0.1, 0.15) is 12.5 Å². The maximum absolute atomic E-state index is 11.4. The summed E-state index contributed by atoms with van der Waals surface area (Å²) in [6.07, 6.45) is 0.912. The minimum Gasteiger partial charge on any atom is -0.408 e. The van der Waals surface area contributed by atoms with Gasteiger partial charge in [-0.15, -0.1) is 0 Å². The highest BCUT2D eigenvalue weighted by molar-refractivity contribution is 5.73. The second-order valence-electron chi connectivity index (χ2n) is 5.04. The zero-order valence-corrected chi connectivity index (χ0v) is 11.7. The molecular weight excluding hydrogens is 242 g/mol. The number of fused-ring (bicyclic) bond motifs is 1. The molecule has 1 atom stereocenters. The lowest BCUT2D eigenvalue weighted by Crippen LogP contribution is -2.36. The van der Waals surface area contributed by atoms with E-state index in [9.17, 15) is 4.79 Å². The predicted octanol–water partition coefficient (Wildman–Crippen LogP) is 0.953. The van der Waals surface area contributed by atoms with E-state index >= 15 is 0 Å². The average Bonchev–Trinajstić information content (AvgIpc) is 2.70. The van der Waals surface area contributed by atoms with Crippen LogP contribution < -0.4 is 11.5 Å². The number of oxazole rings is 1. The summed E-state index contributed by atoms with van der Waals surface area (Å²) in [6.45, 7) is 3.70. The Morgan fingerprint density at radius 2 is 2.21 bits per heavy atom. The largest absolute Gasteiger partial charge is 0.419 e. The molecule has 5 nitrogen and oxygen atoms in total. The van der Waals surface area contributed by atoms with Crippen molar-refractivity contribution in [3.63, 3.8) is 0 Å². The number of rotatable bonds is 5. The van der Waals surface area contributed by atoms with Crippen LogP contribution in [0.2, 0.25) is 0 Å². The summed E-state index contributed by atoms with van der Waals surface area (Å²) in [5.74, 6) is -0.318. The van der Waals surface area contributed by atoms with Crippen LogP contribution >= 0.6 is 0 Å². The first kappa shape index (κ1) is 13.8. The summed E-state index contributed by atoms with van der Waals surface area (Å²) in [7, 11) is 3.78.